The van der Waals surface area contributed by atoms with Gasteiger partial charge in [0.2, 0.25) is 0 Å². The van der Waals surface area contributed by atoms with E-state index >= 15 is 0 Å². The lowest BCUT2D eigenvalue weighted by Gasteiger charge is -2.21. The van der Waals surface area contributed by atoms with Crippen LogP contribution in [0.3, 0.4) is 0 Å². The molecule has 0 aromatic heterocycles. The molecular weight excluding hydrogens is 430 g/mol. The van der Waals surface area contributed by atoms with E-state index in [1.165, 1.54) is 6.08 Å². The van der Waals surface area contributed by atoms with Crippen molar-refractivity contribution < 1.29 is 24.2 Å². The Morgan fingerprint density at radius 1 is 0.912 bits per heavy atom. The van der Waals surface area contributed by atoms with E-state index in [0.29, 0.717) is 5.76 Å². The van der Waals surface area contributed by atoms with Gasteiger partial charge in [0, 0.05) is 5.92 Å². The third-order valence-electron chi connectivity index (χ3n) is 6.03. The predicted molar refractivity (Wildman–Crippen MR) is 128 cm³/mol. The van der Waals surface area contributed by atoms with Crippen molar-refractivity contribution >= 4 is 12.1 Å². The zero-order chi connectivity index (χ0) is 23.5. The Morgan fingerprint density at radius 3 is 2.26 bits per heavy atom. The van der Waals surface area contributed by atoms with E-state index in [1.807, 2.05) is 66.8 Å². The molecular formula is C28H23NO5. The van der Waals surface area contributed by atoms with Gasteiger partial charge in [0.1, 0.15) is 24.2 Å². The fourth-order valence-corrected chi connectivity index (χ4v) is 4.50. The van der Waals surface area contributed by atoms with Gasteiger partial charge in [0.25, 0.3) is 0 Å². The molecule has 2 aromatic carbocycles. The maximum atomic E-state index is 13.0. The van der Waals surface area contributed by atoms with Crippen LogP contribution in [0.15, 0.2) is 109 Å². The molecule has 0 radical (unpaired) electrons. The fourth-order valence-electron chi connectivity index (χ4n) is 4.50. The SMILES string of the molecule is O=C(O)C1=CC(OC2=CC=CC=CC=C2)CN1C(=O)OCC1c2ccccc2-c2ccccc21. The van der Waals surface area contributed by atoms with Crippen LogP contribution in [0.4, 0.5) is 4.79 Å². The Bertz CT molecular complexity index is 1240. The monoisotopic (exact) mass is 453 g/mol. The molecule has 2 aliphatic carbocycles. The first-order chi connectivity index (χ1) is 16.6. The molecule has 1 atom stereocenters. The Hall–Kier alpha value is -4.32. The quantitative estimate of drug-likeness (QED) is 0.676. The van der Waals surface area contributed by atoms with Gasteiger partial charge in [-0.25, -0.2) is 9.59 Å². The molecule has 1 heterocycles. The average Bonchev–Trinajstić information content (AvgIpc) is 3.39. The third kappa shape index (κ3) is 4.18. The Balaban J connectivity index is 1.29. The van der Waals surface area contributed by atoms with Crippen molar-refractivity contribution in [3.63, 3.8) is 0 Å². The summed E-state index contributed by atoms with van der Waals surface area (Å²) in [4.78, 5) is 25.9. The van der Waals surface area contributed by atoms with E-state index in [1.54, 1.807) is 12.2 Å². The van der Waals surface area contributed by atoms with Crippen molar-refractivity contribution in [1.29, 1.82) is 0 Å². The van der Waals surface area contributed by atoms with E-state index in [-0.39, 0.29) is 24.8 Å². The van der Waals surface area contributed by atoms with Gasteiger partial charge in [-0.3, -0.25) is 4.90 Å². The lowest BCUT2D eigenvalue weighted by atomic mass is 9.98. The summed E-state index contributed by atoms with van der Waals surface area (Å²) in [6.45, 7) is 0.176. The number of benzene rings is 2. The van der Waals surface area contributed by atoms with Crippen LogP contribution in [0.25, 0.3) is 11.1 Å². The van der Waals surface area contributed by atoms with Crippen molar-refractivity contribution in [1.82, 2.24) is 4.90 Å². The molecule has 2 aromatic rings. The number of carboxylic acids is 1. The molecule has 0 fully saturated rings. The normalized spacial score (nSPS) is 18.5. The summed E-state index contributed by atoms with van der Waals surface area (Å²) in [5.41, 5.74) is 4.30. The molecule has 0 bridgehead atoms. The number of fused-ring (bicyclic) bond motifs is 3. The number of hydrogen-bond acceptors (Lipinski definition) is 4. The number of aliphatic carboxylic acids is 1. The molecule has 34 heavy (non-hydrogen) atoms. The second-order valence-electron chi connectivity index (χ2n) is 8.13. The molecule has 1 unspecified atom stereocenters. The highest BCUT2D eigenvalue weighted by atomic mass is 16.6. The van der Waals surface area contributed by atoms with E-state index in [2.05, 4.69) is 12.1 Å². The molecule has 0 spiro atoms. The van der Waals surface area contributed by atoms with Crippen LogP contribution >= 0.6 is 0 Å². The van der Waals surface area contributed by atoms with Crippen LogP contribution < -0.4 is 0 Å². The summed E-state index contributed by atoms with van der Waals surface area (Å²) in [5.74, 6) is -0.737. The highest BCUT2D eigenvalue weighted by molar-refractivity contribution is 5.92. The smallest absolute Gasteiger partial charge is 0.414 e. The number of ether oxygens (including phenoxy) is 2. The Labute approximate surface area is 197 Å². The van der Waals surface area contributed by atoms with Crippen molar-refractivity contribution in [3.8, 4) is 11.1 Å². The summed E-state index contributed by atoms with van der Waals surface area (Å²) >= 11 is 0. The minimum Gasteiger partial charge on any atom is -0.484 e. The minimum atomic E-state index is -1.20. The van der Waals surface area contributed by atoms with Gasteiger partial charge >= 0.3 is 12.1 Å². The summed E-state index contributed by atoms with van der Waals surface area (Å²) in [5, 5.41) is 9.66. The highest BCUT2D eigenvalue weighted by Gasteiger charge is 2.36. The van der Waals surface area contributed by atoms with Gasteiger partial charge in [-0.05, 0) is 40.5 Å². The van der Waals surface area contributed by atoms with Gasteiger partial charge in [-0.1, -0.05) is 78.9 Å². The molecule has 0 saturated heterocycles. The summed E-state index contributed by atoms with van der Waals surface area (Å²) in [7, 11) is 0. The molecule has 6 heteroatoms. The Kier molecular flexibility index (Phi) is 5.87. The lowest BCUT2D eigenvalue weighted by Crippen LogP contribution is -2.34. The highest BCUT2D eigenvalue weighted by Crippen LogP contribution is 2.44. The van der Waals surface area contributed by atoms with Crippen molar-refractivity contribution in [2.24, 2.45) is 0 Å². The molecule has 1 aliphatic heterocycles. The number of rotatable bonds is 5. The van der Waals surface area contributed by atoms with Crippen molar-refractivity contribution in [3.05, 3.63) is 120 Å². The first-order valence-corrected chi connectivity index (χ1v) is 11.1. The first-order valence-electron chi connectivity index (χ1n) is 11.1. The molecule has 1 N–H and O–H groups in total. The topological polar surface area (TPSA) is 76.1 Å². The van der Waals surface area contributed by atoms with Crippen molar-refractivity contribution in [2.75, 3.05) is 13.2 Å². The summed E-state index contributed by atoms with van der Waals surface area (Å²) in [6.07, 6.45) is 13.0. The van der Waals surface area contributed by atoms with Gasteiger partial charge in [-0.15, -0.1) is 0 Å². The average molecular weight is 453 g/mol. The number of carbonyl (C=O) groups excluding carboxylic acids is 1. The number of hydrogen-bond donors (Lipinski definition) is 1. The number of amides is 1. The zero-order valence-corrected chi connectivity index (χ0v) is 18.3. The standard InChI is InChI=1S/C28H23NO5/c30-27(31)26-16-20(34-19-10-4-2-1-3-5-11-19)17-29(26)28(32)33-18-25-23-14-8-6-12-21(23)22-13-7-9-15-24(22)25/h1-16,20,25H,17-18H2,(H,30,31). The second kappa shape index (κ2) is 9.27. The van der Waals surface area contributed by atoms with Gasteiger partial charge in [-0.2, -0.15) is 0 Å². The minimum absolute atomic E-state index is 0.0586. The van der Waals surface area contributed by atoms with Crippen LogP contribution in [0, 0.1) is 0 Å². The molecule has 0 saturated carbocycles. The number of allylic oxidation sites excluding steroid dienone is 7. The molecule has 1 amide bonds. The number of nitrogens with zero attached hydrogens (tertiary/aromatic N) is 1. The zero-order valence-electron chi connectivity index (χ0n) is 18.3. The summed E-state index contributed by atoms with van der Waals surface area (Å²) in [6, 6.07) is 16.1. The largest absolute Gasteiger partial charge is 0.484 e. The Morgan fingerprint density at radius 2 is 1.56 bits per heavy atom. The van der Waals surface area contributed by atoms with Crippen LogP contribution in [0.1, 0.15) is 17.0 Å². The van der Waals surface area contributed by atoms with Crippen molar-refractivity contribution in [2.45, 2.75) is 12.0 Å². The van der Waals surface area contributed by atoms with E-state index < -0.39 is 18.2 Å². The third-order valence-corrected chi connectivity index (χ3v) is 6.03. The van der Waals surface area contributed by atoms with Crippen LogP contribution in [0.5, 0.6) is 0 Å². The molecule has 170 valence electrons. The van der Waals surface area contributed by atoms with Crippen LogP contribution in [0.2, 0.25) is 0 Å². The van der Waals surface area contributed by atoms with Crippen LogP contribution in [-0.4, -0.2) is 41.3 Å². The van der Waals surface area contributed by atoms with E-state index in [9.17, 15) is 14.7 Å². The second-order valence-corrected chi connectivity index (χ2v) is 8.13. The number of carbonyl (C=O) groups is 2. The predicted octanol–water partition coefficient (Wildman–Crippen LogP) is 5.17. The fraction of sp³-hybridized carbons (Fsp3) is 0.143. The van der Waals surface area contributed by atoms with E-state index in [0.717, 1.165) is 27.2 Å². The lowest BCUT2D eigenvalue weighted by molar-refractivity contribution is -0.134. The summed E-state index contributed by atoms with van der Waals surface area (Å²) < 4.78 is 11.6. The van der Waals surface area contributed by atoms with Gasteiger partial charge in [0.15, 0.2) is 0 Å². The first kappa shape index (κ1) is 21.5. The molecule has 5 rings (SSSR count). The maximum absolute atomic E-state index is 13.0. The maximum Gasteiger partial charge on any atom is 0.414 e. The van der Waals surface area contributed by atoms with E-state index in [4.69, 9.17) is 9.47 Å². The molecule has 3 aliphatic rings. The van der Waals surface area contributed by atoms with Crippen LogP contribution in [-0.2, 0) is 14.3 Å². The van der Waals surface area contributed by atoms with Gasteiger partial charge < -0.3 is 14.6 Å². The molecule has 6 nitrogen and oxygen atoms in total. The number of carboxylic acid groups (broad SMARTS) is 1. The van der Waals surface area contributed by atoms with Gasteiger partial charge in [0.05, 0.1) is 6.54 Å².